The molecule has 0 aliphatic carbocycles. The fourth-order valence-corrected chi connectivity index (χ4v) is 1.83. The van der Waals surface area contributed by atoms with E-state index in [4.69, 9.17) is 0 Å². The second-order valence-corrected chi connectivity index (χ2v) is 4.34. The van der Waals surface area contributed by atoms with E-state index in [0.717, 1.165) is 12.1 Å². The van der Waals surface area contributed by atoms with Gasteiger partial charge in [-0.3, -0.25) is 14.9 Å². The maximum Gasteiger partial charge on any atom is 0.416 e. The Morgan fingerprint density at radius 1 is 1.25 bits per heavy atom. The molecule has 4 nitrogen and oxygen atoms in total. The van der Waals surface area contributed by atoms with Gasteiger partial charge in [0.1, 0.15) is 11.9 Å². The van der Waals surface area contributed by atoms with Crippen LogP contribution in [0.25, 0.3) is 0 Å². The van der Waals surface area contributed by atoms with Gasteiger partial charge in [-0.25, -0.2) is 4.39 Å². The highest BCUT2D eigenvalue weighted by atomic mass is 19.4. The summed E-state index contributed by atoms with van der Waals surface area (Å²) in [6.45, 7) is 0. The van der Waals surface area contributed by atoms with Crippen molar-refractivity contribution in [2.24, 2.45) is 0 Å². The lowest BCUT2D eigenvalue weighted by Crippen LogP contribution is -2.47. The third-order valence-electron chi connectivity index (χ3n) is 2.87. The van der Waals surface area contributed by atoms with Crippen molar-refractivity contribution in [1.29, 1.82) is 0 Å². The molecule has 108 valence electrons. The van der Waals surface area contributed by atoms with Gasteiger partial charge in [-0.05, 0) is 24.6 Å². The maximum atomic E-state index is 13.6. The SMILES string of the molecule is O=C1CCC(Nc2ccc(C(F)(F)F)cc2F)C(=O)N1. The monoisotopic (exact) mass is 290 g/mol. The Morgan fingerprint density at radius 3 is 2.50 bits per heavy atom. The van der Waals surface area contributed by atoms with Gasteiger partial charge in [-0.15, -0.1) is 0 Å². The normalized spacial score (nSPS) is 19.7. The maximum absolute atomic E-state index is 13.6. The van der Waals surface area contributed by atoms with E-state index in [1.165, 1.54) is 0 Å². The molecule has 0 aromatic heterocycles. The van der Waals surface area contributed by atoms with Crippen molar-refractivity contribution in [3.63, 3.8) is 0 Å². The molecule has 2 amide bonds. The number of amides is 2. The molecule has 1 saturated heterocycles. The van der Waals surface area contributed by atoms with Crippen molar-refractivity contribution in [2.75, 3.05) is 5.32 Å². The lowest BCUT2D eigenvalue weighted by atomic mass is 10.1. The molecule has 1 aromatic rings. The summed E-state index contributed by atoms with van der Waals surface area (Å²) in [5.74, 6) is -2.16. The van der Waals surface area contributed by atoms with Crippen molar-refractivity contribution in [3.05, 3.63) is 29.6 Å². The number of hydrogen-bond donors (Lipinski definition) is 2. The summed E-state index contributed by atoms with van der Waals surface area (Å²) in [7, 11) is 0. The van der Waals surface area contributed by atoms with Crippen LogP contribution in [0, 0.1) is 5.82 Å². The van der Waals surface area contributed by atoms with Crippen molar-refractivity contribution < 1.29 is 27.2 Å². The van der Waals surface area contributed by atoms with Gasteiger partial charge in [0.05, 0.1) is 11.3 Å². The number of anilines is 1. The van der Waals surface area contributed by atoms with Crippen LogP contribution >= 0.6 is 0 Å². The lowest BCUT2D eigenvalue weighted by molar-refractivity contribution is -0.138. The molecular weight excluding hydrogens is 280 g/mol. The predicted octanol–water partition coefficient (Wildman–Crippen LogP) is 2.06. The Labute approximate surface area is 111 Å². The van der Waals surface area contributed by atoms with Crippen LogP contribution in [-0.2, 0) is 15.8 Å². The molecule has 2 rings (SSSR count). The number of piperidine rings is 1. The van der Waals surface area contributed by atoms with Crippen molar-refractivity contribution in [1.82, 2.24) is 5.32 Å². The smallest absolute Gasteiger partial charge is 0.371 e. The van der Waals surface area contributed by atoms with Gasteiger partial charge in [0.25, 0.3) is 0 Å². The first-order chi connectivity index (χ1) is 9.27. The van der Waals surface area contributed by atoms with Crippen LogP contribution in [0.5, 0.6) is 0 Å². The quantitative estimate of drug-likeness (QED) is 0.647. The first-order valence-corrected chi connectivity index (χ1v) is 5.74. The number of carbonyl (C=O) groups excluding carboxylic acids is 2. The molecule has 1 aliphatic heterocycles. The van der Waals surface area contributed by atoms with E-state index in [2.05, 4.69) is 10.6 Å². The van der Waals surface area contributed by atoms with Gasteiger partial charge in [0.15, 0.2) is 0 Å². The average Bonchev–Trinajstić information content (AvgIpc) is 2.33. The highest BCUT2D eigenvalue weighted by Gasteiger charge is 2.32. The zero-order valence-corrected chi connectivity index (χ0v) is 10.1. The summed E-state index contributed by atoms with van der Waals surface area (Å²) in [4.78, 5) is 22.4. The molecule has 1 aliphatic rings. The molecule has 0 radical (unpaired) electrons. The summed E-state index contributed by atoms with van der Waals surface area (Å²) in [6.07, 6.45) is -4.38. The molecule has 8 heteroatoms. The van der Waals surface area contributed by atoms with E-state index in [9.17, 15) is 27.2 Å². The first-order valence-electron chi connectivity index (χ1n) is 5.74. The zero-order chi connectivity index (χ0) is 14.9. The molecule has 0 spiro atoms. The van der Waals surface area contributed by atoms with Crippen LogP contribution in [0.15, 0.2) is 18.2 Å². The molecular formula is C12H10F4N2O2. The fourth-order valence-electron chi connectivity index (χ4n) is 1.83. The minimum absolute atomic E-state index is 0.0889. The first kappa shape index (κ1) is 14.3. The average molecular weight is 290 g/mol. The summed E-state index contributed by atoms with van der Waals surface area (Å²) in [5, 5.41) is 4.55. The topological polar surface area (TPSA) is 58.2 Å². The van der Waals surface area contributed by atoms with E-state index in [1.54, 1.807) is 0 Å². The van der Waals surface area contributed by atoms with Gasteiger partial charge in [0.2, 0.25) is 11.8 Å². The van der Waals surface area contributed by atoms with Crippen LogP contribution in [0.2, 0.25) is 0 Å². The van der Waals surface area contributed by atoms with Crippen LogP contribution in [0.1, 0.15) is 18.4 Å². The van der Waals surface area contributed by atoms with E-state index in [-0.39, 0.29) is 18.5 Å². The second kappa shape index (κ2) is 5.10. The number of hydrogen-bond acceptors (Lipinski definition) is 3. The third-order valence-corrected chi connectivity index (χ3v) is 2.87. The number of nitrogens with one attached hydrogen (secondary N) is 2. The molecule has 20 heavy (non-hydrogen) atoms. The molecule has 1 fully saturated rings. The molecule has 1 aromatic carbocycles. The van der Waals surface area contributed by atoms with Crippen LogP contribution < -0.4 is 10.6 Å². The number of benzene rings is 1. The van der Waals surface area contributed by atoms with Gasteiger partial charge < -0.3 is 5.32 Å². The molecule has 2 N–H and O–H groups in total. The van der Waals surface area contributed by atoms with Crippen LogP contribution in [0.3, 0.4) is 0 Å². The second-order valence-electron chi connectivity index (χ2n) is 4.34. The highest BCUT2D eigenvalue weighted by Crippen LogP contribution is 2.31. The van der Waals surface area contributed by atoms with E-state index < -0.39 is 35.4 Å². The highest BCUT2D eigenvalue weighted by molar-refractivity contribution is 6.01. The molecule has 0 bridgehead atoms. The summed E-state index contributed by atoms with van der Waals surface area (Å²) < 4.78 is 50.7. The van der Waals surface area contributed by atoms with Crippen molar-refractivity contribution in [3.8, 4) is 0 Å². The molecule has 1 unspecified atom stereocenters. The lowest BCUT2D eigenvalue weighted by Gasteiger charge is -2.23. The standard InChI is InChI=1S/C12H10F4N2O2/c13-7-5-6(12(14,15)16)1-2-8(7)17-9-3-4-10(19)18-11(9)20/h1-2,5,9,17H,3-4H2,(H,18,19,20). The Bertz CT molecular complexity index is 557. The van der Waals surface area contributed by atoms with Crippen LogP contribution in [0.4, 0.5) is 23.2 Å². The Kier molecular flexibility index (Phi) is 3.65. The van der Waals surface area contributed by atoms with Gasteiger partial charge in [0, 0.05) is 6.42 Å². The predicted molar refractivity (Wildman–Crippen MR) is 61.2 cm³/mol. The molecule has 0 saturated carbocycles. The van der Waals surface area contributed by atoms with Crippen LogP contribution in [-0.4, -0.2) is 17.9 Å². The van der Waals surface area contributed by atoms with Gasteiger partial charge in [-0.1, -0.05) is 0 Å². The van der Waals surface area contributed by atoms with E-state index in [0.29, 0.717) is 6.07 Å². The van der Waals surface area contributed by atoms with E-state index in [1.807, 2.05) is 0 Å². The largest absolute Gasteiger partial charge is 0.416 e. The number of halogens is 4. The summed E-state index contributed by atoms with van der Waals surface area (Å²) in [5.41, 5.74) is -1.32. The van der Waals surface area contributed by atoms with Crippen molar-refractivity contribution >= 4 is 17.5 Å². The van der Waals surface area contributed by atoms with Gasteiger partial charge in [-0.2, -0.15) is 13.2 Å². The van der Waals surface area contributed by atoms with E-state index >= 15 is 0 Å². The number of rotatable bonds is 2. The Hall–Kier alpha value is -2.12. The number of alkyl halides is 3. The Balaban J connectivity index is 2.14. The molecule has 1 heterocycles. The number of carbonyl (C=O) groups is 2. The molecule has 1 atom stereocenters. The third kappa shape index (κ3) is 3.06. The summed E-state index contributed by atoms with van der Waals surface area (Å²) >= 11 is 0. The van der Waals surface area contributed by atoms with Gasteiger partial charge >= 0.3 is 6.18 Å². The minimum atomic E-state index is -4.63. The number of imide groups is 1. The fraction of sp³-hybridized carbons (Fsp3) is 0.333. The zero-order valence-electron chi connectivity index (χ0n) is 10.1. The minimum Gasteiger partial charge on any atom is -0.371 e. The summed E-state index contributed by atoms with van der Waals surface area (Å²) in [6, 6.07) is 1.15. The Morgan fingerprint density at radius 2 is 1.95 bits per heavy atom. The van der Waals surface area contributed by atoms with Crippen molar-refractivity contribution in [2.45, 2.75) is 25.1 Å².